The number of carbonyl (C=O) groups excluding carboxylic acids is 1. The van der Waals surface area contributed by atoms with Crippen molar-refractivity contribution in [3.8, 4) is 0 Å². The van der Waals surface area contributed by atoms with Crippen molar-refractivity contribution < 1.29 is 13.6 Å². The molecular weight excluding hydrogens is 238 g/mol. The molecular formula is C13H18F2N2O. The molecule has 3 nitrogen and oxygen atoms in total. The molecule has 0 radical (unpaired) electrons. The lowest BCUT2D eigenvalue weighted by molar-refractivity contribution is 0.0882. The molecule has 100 valence electrons. The molecule has 0 saturated carbocycles. The van der Waals surface area contributed by atoms with Crippen LogP contribution in [0.15, 0.2) is 12.3 Å². The third-order valence-corrected chi connectivity index (χ3v) is 3.50. The molecule has 1 aromatic rings. The second-order valence-electron chi connectivity index (χ2n) is 4.26. The number of nitrogens with one attached hydrogen (secondary N) is 1. The van der Waals surface area contributed by atoms with Crippen molar-refractivity contribution in [3.63, 3.8) is 0 Å². The topological polar surface area (TPSA) is 42.0 Å². The van der Waals surface area contributed by atoms with Crippen LogP contribution in [-0.2, 0) is 0 Å². The summed E-state index contributed by atoms with van der Waals surface area (Å²) in [5, 5.41) is 2.79. The van der Waals surface area contributed by atoms with Gasteiger partial charge in [-0.15, -0.1) is 0 Å². The van der Waals surface area contributed by atoms with Crippen molar-refractivity contribution >= 4 is 5.91 Å². The smallest absolute Gasteiger partial charge is 0.254 e. The molecule has 0 fully saturated rings. The number of rotatable bonds is 5. The lowest BCUT2D eigenvalue weighted by Gasteiger charge is -2.31. The first-order valence-electron chi connectivity index (χ1n) is 6.12. The van der Waals surface area contributed by atoms with Crippen molar-refractivity contribution in [1.29, 1.82) is 0 Å². The molecule has 5 heteroatoms. The van der Waals surface area contributed by atoms with Crippen LogP contribution in [0.1, 0.15) is 50.4 Å². The Kier molecular flexibility index (Phi) is 4.76. The molecule has 0 aliphatic heterocycles. The summed E-state index contributed by atoms with van der Waals surface area (Å²) < 4.78 is 26.4. The Bertz CT molecular complexity index is 423. The second-order valence-corrected chi connectivity index (χ2v) is 4.26. The van der Waals surface area contributed by atoms with Gasteiger partial charge >= 0.3 is 0 Å². The largest absolute Gasteiger partial charge is 0.347 e. The lowest BCUT2D eigenvalue weighted by atomic mass is 9.89. The van der Waals surface area contributed by atoms with Crippen LogP contribution < -0.4 is 5.32 Å². The van der Waals surface area contributed by atoms with Gasteiger partial charge in [-0.05, 0) is 25.3 Å². The summed E-state index contributed by atoms with van der Waals surface area (Å²) in [4.78, 5) is 15.1. The van der Waals surface area contributed by atoms with Crippen molar-refractivity contribution in [1.82, 2.24) is 10.3 Å². The molecule has 0 aliphatic rings. The third-order valence-electron chi connectivity index (χ3n) is 3.50. The average molecular weight is 256 g/mol. The molecule has 0 bridgehead atoms. The number of amides is 1. The van der Waals surface area contributed by atoms with Crippen LogP contribution in [0.25, 0.3) is 0 Å². The molecule has 1 aromatic heterocycles. The van der Waals surface area contributed by atoms with E-state index in [-0.39, 0.29) is 11.1 Å². The van der Waals surface area contributed by atoms with Gasteiger partial charge in [-0.2, -0.15) is 4.39 Å². The highest BCUT2D eigenvalue weighted by atomic mass is 19.2. The van der Waals surface area contributed by atoms with E-state index in [1.54, 1.807) is 0 Å². The first-order chi connectivity index (χ1) is 8.49. The fraction of sp³-hybridized carbons (Fsp3) is 0.538. The summed E-state index contributed by atoms with van der Waals surface area (Å²) in [5.74, 6) is -3.05. The zero-order chi connectivity index (χ0) is 13.8. The van der Waals surface area contributed by atoms with Gasteiger partial charge in [0.15, 0.2) is 5.82 Å². The SMILES string of the molecule is CCC(CC)(CC)NC(=O)c1ccnc(F)c1F. The minimum Gasteiger partial charge on any atom is -0.347 e. The monoisotopic (exact) mass is 256 g/mol. The van der Waals surface area contributed by atoms with Gasteiger partial charge < -0.3 is 5.32 Å². The predicted molar refractivity (Wildman–Crippen MR) is 65.2 cm³/mol. The van der Waals surface area contributed by atoms with Crippen molar-refractivity contribution in [2.24, 2.45) is 0 Å². The van der Waals surface area contributed by atoms with Crippen molar-refractivity contribution in [3.05, 3.63) is 29.6 Å². The van der Waals surface area contributed by atoms with Gasteiger partial charge in [-0.3, -0.25) is 4.79 Å². The van der Waals surface area contributed by atoms with Gasteiger partial charge in [0.2, 0.25) is 5.95 Å². The van der Waals surface area contributed by atoms with Crippen LogP contribution in [0.3, 0.4) is 0 Å². The van der Waals surface area contributed by atoms with Crippen LogP contribution in [0.2, 0.25) is 0 Å². The molecule has 0 saturated heterocycles. The van der Waals surface area contributed by atoms with Crippen LogP contribution >= 0.6 is 0 Å². The van der Waals surface area contributed by atoms with E-state index in [9.17, 15) is 13.6 Å². The van der Waals surface area contributed by atoms with Crippen molar-refractivity contribution in [2.45, 2.75) is 45.6 Å². The molecule has 0 aliphatic carbocycles. The molecule has 1 rings (SSSR count). The fourth-order valence-corrected chi connectivity index (χ4v) is 1.92. The maximum absolute atomic E-state index is 13.4. The van der Waals surface area contributed by atoms with Gasteiger partial charge in [0.05, 0.1) is 5.56 Å². The normalized spacial score (nSPS) is 11.4. The summed E-state index contributed by atoms with van der Waals surface area (Å²) in [6.07, 6.45) is 3.29. The molecule has 1 N–H and O–H groups in total. The number of aromatic nitrogens is 1. The Morgan fingerprint density at radius 2 is 1.83 bits per heavy atom. The zero-order valence-electron chi connectivity index (χ0n) is 10.9. The number of hydrogen-bond acceptors (Lipinski definition) is 2. The predicted octanol–water partition coefficient (Wildman–Crippen LogP) is 3.06. The van der Waals surface area contributed by atoms with E-state index in [2.05, 4.69) is 10.3 Å². The van der Waals surface area contributed by atoms with Gasteiger partial charge in [0.25, 0.3) is 5.91 Å². The lowest BCUT2D eigenvalue weighted by Crippen LogP contribution is -2.47. The summed E-state index contributed by atoms with van der Waals surface area (Å²) in [5.41, 5.74) is -0.675. The molecule has 18 heavy (non-hydrogen) atoms. The standard InChI is InChI=1S/C13H18F2N2O/c1-4-13(5-2,6-3)17-12(18)9-7-8-16-11(15)10(9)14/h7-8H,4-6H2,1-3H3,(H,17,18). The van der Waals surface area contributed by atoms with Gasteiger partial charge in [-0.25, -0.2) is 9.37 Å². The quantitative estimate of drug-likeness (QED) is 0.823. The Morgan fingerprint density at radius 3 is 2.33 bits per heavy atom. The number of carbonyl (C=O) groups is 1. The second kappa shape index (κ2) is 5.89. The Balaban J connectivity index is 2.98. The summed E-state index contributed by atoms with van der Waals surface area (Å²) in [7, 11) is 0. The zero-order valence-corrected chi connectivity index (χ0v) is 10.9. The van der Waals surface area contributed by atoms with Gasteiger partial charge in [-0.1, -0.05) is 20.8 Å². The highest BCUT2D eigenvalue weighted by Gasteiger charge is 2.28. The number of halogens is 2. The Hall–Kier alpha value is -1.52. The Labute approximate surface area is 106 Å². The molecule has 1 heterocycles. The highest BCUT2D eigenvalue weighted by molar-refractivity contribution is 5.94. The van der Waals surface area contributed by atoms with E-state index in [0.29, 0.717) is 0 Å². The number of hydrogen-bond donors (Lipinski definition) is 1. The van der Waals surface area contributed by atoms with Gasteiger partial charge in [0, 0.05) is 11.7 Å². The Morgan fingerprint density at radius 1 is 1.28 bits per heavy atom. The van der Waals surface area contributed by atoms with Crippen LogP contribution in [0, 0.1) is 11.8 Å². The maximum atomic E-state index is 13.4. The van der Waals surface area contributed by atoms with E-state index in [1.165, 1.54) is 6.07 Å². The minimum absolute atomic E-state index is 0.303. The molecule has 1 amide bonds. The summed E-state index contributed by atoms with van der Waals surface area (Å²) in [6.45, 7) is 5.87. The fourth-order valence-electron chi connectivity index (χ4n) is 1.92. The maximum Gasteiger partial charge on any atom is 0.254 e. The minimum atomic E-state index is -1.25. The first-order valence-corrected chi connectivity index (χ1v) is 6.12. The van der Waals surface area contributed by atoms with Crippen LogP contribution in [0.4, 0.5) is 8.78 Å². The third kappa shape index (κ3) is 2.83. The molecule has 0 unspecified atom stereocenters. The summed E-state index contributed by atoms with van der Waals surface area (Å²) in [6, 6.07) is 1.18. The van der Waals surface area contributed by atoms with E-state index in [0.717, 1.165) is 25.5 Å². The molecule has 0 spiro atoms. The van der Waals surface area contributed by atoms with Gasteiger partial charge in [0.1, 0.15) is 0 Å². The highest BCUT2D eigenvalue weighted by Crippen LogP contribution is 2.20. The van der Waals surface area contributed by atoms with E-state index < -0.39 is 17.7 Å². The first kappa shape index (κ1) is 14.5. The molecule has 0 aromatic carbocycles. The summed E-state index contributed by atoms with van der Waals surface area (Å²) >= 11 is 0. The molecule has 0 atom stereocenters. The van der Waals surface area contributed by atoms with E-state index in [4.69, 9.17) is 0 Å². The van der Waals surface area contributed by atoms with Crippen LogP contribution in [-0.4, -0.2) is 16.4 Å². The van der Waals surface area contributed by atoms with Crippen molar-refractivity contribution in [2.75, 3.05) is 0 Å². The van der Waals surface area contributed by atoms with E-state index in [1.807, 2.05) is 20.8 Å². The van der Waals surface area contributed by atoms with E-state index >= 15 is 0 Å². The van der Waals surface area contributed by atoms with Crippen LogP contribution in [0.5, 0.6) is 0 Å². The average Bonchev–Trinajstić information content (AvgIpc) is 2.39. The number of pyridine rings is 1. The number of nitrogens with zero attached hydrogens (tertiary/aromatic N) is 1.